The molecule has 0 aromatic heterocycles. The zero-order valence-corrected chi connectivity index (χ0v) is 13.2. The van der Waals surface area contributed by atoms with Gasteiger partial charge in [-0.15, -0.1) is 0 Å². The molecule has 0 bridgehead atoms. The Labute approximate surface area is 127 Å². The number of benzene rings is 1. The fourth-order valence-corrected chi connectivity index (χ4v) is 3.64. The number of hydrogen-bond donors (Lipinski definition) is 0. The molecule has 1 saturated carbocycles. The number of rotatable bonds is 4. The van der Waals surface area contributed by atoms with Crippen molar-refractivity contribution in [3.63, 3.8) is 0 Å². The van der Waals surface area contributed by atoms with Crippen molar-refractivity contribution in [1.29, 1.82) is 0 Å². The molecule has 21 heavy (non-hydrogen) atoms. The van der Waals surface area contributed by atoms with E-state index in [0.717, 1.165) is 44.2 Å². The molecule has 1 aliphatic carbocycles. The van der Waals surface area contributed by atoms with E-state index in [0.29, 0.717) is 5.92 Å². The van der Waals surface area contributed by atoms with Crippen LogP contribution in [0.4, 0.5) is 8.78 Å². The maximum absolute atomic E-state index is 14.0. The van der Waals surface area contributed by atoms with Crippen LogP contribution in [0.1, 0.15) is 39.0 Å². The summed E-state index contributed by atoms with van der Waals surface area (Å²) in [5.41, 5.74) is 0. The lowest BCUT2D eigenvalue weighted by Crippen LogP contribution is -2.30. The Morgan fingerprint density at radius 2 is 1.90 bits per heavy atom. The van der Waals surface area contributed by atoms with Gasteiger partial charge >= 0.3 is 0 Å². The summed E-state index contributed by atoms with van der Waals surface area (Å²) in [7, 11) is 0.731. The van der Waals surface area contributed by atoms with E-state index < -0.39 is 25.6 Å². The standard InChI is InChI=1S/C14H17ClF2O3S/c1-2-9-5-3-4-6-10(9)20-11-7-8-12(21(15,18)19)14(17)13(11)16/h7-10H,2-6H2,1H3. The van der Waals surface area contributed by atoms with Crippen molar-refractivity contribution in [2.75, 3.05) is 0 Å². The lowest BCUT2D eigenvalue weighted by Gasteiger charge is -2.31. The lowest BCUT2D eigenvalue weighted by molar-refractivity contribution is 0.0853. The first kappa shape index (κ1) is 16.5. The largest absolute Gasteiger partial charge is 0.487 e. The van der Waals surface area contributed by atoms with Crippen molar-refractivity contribution >= 4 is 19.7 Å². The van der Waals surface area contributed by atoms with Crippen molar-refractivity contribution in [3.8, 4) is 5.75 Å². The molecule has 0 saturated heterocycles. The first-order valence-corrected chi connectivity index (χ1v) is 9.24. The third-order valence-electron chi connectivity index (χ3n) is 3.92. The van der Waals surface area contributed by atoms with Crippen LogP contribution < -0.4 is 4.74 Å². The van der Waals surface area contributed by atoms with Crippen LogP contribution in [-0.4, -0.2) is 14.5 Å². The minimum absolute atomic E-state index is 0.170. The van der Waals surface area contributed by atoms with Crippen molar-refractivity contribution in [3.05, 3.63) is 23.8 Å². The van der Waals surface area contributed by atoms with Gasteiger partial charge in [-0.2, -0.15) is 4.39 Å². The molecule has 118 valence electrons. The van der Waals surface area contributed by atoms with Crippen LogP contribution in [0.2, 0.25) is 0 Å². The number of ether oxygens (including phenoxy) is 1. The minimum atomic E-state index is -4.32. The summed E-state index contributed by atoms with van der Waals surface area (Å²) in [6, 6.07) is 2.05. The smallest absolute Gasteiger partial charge is 0.264 e. The summed E-state index contributed by atoms with van der Waals surface area (Å²) in [6.07, 6.45) is 4.62. The maximum Gasteiger partial charge on any atom is 0.264 e. The molecule has 1 aromatic rings. The highest BCUT2D eigenvalue weighted by atomic mass is 35.7. The highest BCUT2D eigenvalue weighted by Crippen LogP contribution is 2.33. The molecule has 7 heteroatoms. The molecule has 0 radical (unpaired) electrons. The summed E-state index contributed by atoms with van der Waals surface area (Å²) in [5.74, 6) is -2.76. The van der Waals surface area contributed by atoms with Crippen LogP contribution in [-0.2, 0) is 9.05 Å². The van der Waals surface area contributed by atoms with Crippen LogP contribution in [0.15, 0.2) is 17.0 Å². The van der Waals surface area contributed by atoms with Gasteiger partial charge in [0.1, 0.15) is 11.0 Å². The quantitative estimate of drug-likeness (QED) is 0.771. The highest BCUT2D eigenvalue weighted by Gasteiger charge is 2.28. The van der Waals surface area contributed by atoms with E-state index in [1.165, 1.54) is 0 Å². The Hall–Kier alpha value is -0.880. The van der Waals surface area contributed by atoms with Crippen molar-refractivity contribution in [1.82, 2.24) is 0 Å². The molecule has 0 N–H and O–H groups in total. The third kappa shape index (κ3) is 3.66. The predicted octanol–water partition coefficient (Wildman–Crippen LogP) is 4.24. The van der Waals surface area contributed by atoms with Gasteiger partial charge in [0.25, 0.3) is 9.05 Å². The van der Waals surface area contributed by atoms with Crippen LogP contribution >= 0.6 is 10.7 Å². The molecule has 1 aliphatic rings. The summed E-state index contributed by atoms with van der Waals surface area (Å²) in [4.78, 5) is -0.871. The molecule has 0 heterocycles. The minimum Gasteiger partial charge on any atom is -0.487 e. The lowest BCUT2D eigenvalue weighted by atomic mass is 9.85. The molecule has 0 aliphatic heterocycles. The zero-order chi connectivity index (χ0) is 15.6. The van der Waals surface area contributed by atoms with E-state index in [2.05, 4.69) is 0 Å². The Morgan fingerprint density at radius 1 is 1.24 bits per heavy atom. The molecular weight excluding hydrogens is 322 g/mol. The molecule has 0 amide bonds. The number of halogens is 3. The monoisotopic (exact) mass is 338 g/mol. The number of hydrogen-bond acceptors (Lipinski definition) is 3. The van der Waals surface area contributed by atoms with E-state index >= 15 is 0 Å². The topological polar surface area (TPSA) is 43.4 Å². The molecule has 1 aromatic carbocycles. The summed E-state index contributed by atoms with van der Waals surface area (Å²) in [6.45, 7) is 2.03. The van der Waals surface area contributed by atoms with Crippen LogP contribution in [0, 0.1) is 17.6 Å². The normalized spacial score (nSPS) is 23.0. The van der Waals surface area contributed by atoms with E-state index in [1.807, 2.05) is 6.92 Å². The first-order valence-electron chi connectivity index (χ1n) is 6.94. The highest BCUT2D eigenvalue weighted by molar-refractivity contribution is 8.13. The fraction of sp³-hybridized carbons (Fsp3) is 0.571. The summed E-state index contributed by atoms with van der Waals surface area (Å²) < 4.78 is 55.6. The van der Waals surface area contributed by atoms with Crippen LogP contribution in [0.25, 0.3) is 0 Å². The second kappa shape index (κ2) is 6.48. The Bertz CT molecular complexity index is 619. The zero-order valence-electron chi connectivity index (χ0n) is 11.6. The van der Waals surface area contributed by atoms with Crippen molar-refractivity contribution < 1.29 is 21.9 Å². The summed E-state index contributed by atoms with van der Waals surface area (Å²) >= 11 is 0. The molecule has 1 fully saturated rings. The molecule has 3 nitrogen and oxygen atoms in total. The van der Waals surface area contributed by atoms with Gasteiger partial charge in [0.15, 0.2) is 11.6 Å². The van der Waals surface area contributed by atoms with E-state index in [-0.39, 0.29) is 11.9 Å². The van der Waals surface area contributed by atoms with E-state index in [9.17, 15) is 17.2 Å². The van der Waals surface area contributed by atoms with Crippen LogP contribution in [0.5, 0.6) is 5.75 Å². The van der Waals surface area contributed by atoms with E-state index in [4.69, 9.17) is 15.4 Å². The first-order chi connectivity index (χ1) is 9.84. The Balaban J connectivity index is 2.27. The fourth-order valence-electron chi connectivity index (χ4n) is 2.75. The average Bonchev–Trinajstić information content (AvgIpc) is 2.43. The molecule has 2 atom stereocenters. The van der Waals surface area contributed by atoms with Gasteiger partial charge in [-0.05, 0) is 43.7 Å². The van der Waals surface area contributed by atoms with Gasteiger partial charge in [0, 0.05) is 10.7 Å². The predicted molar refractivity (Wildman–Crippen MR) is 76.1 cm³/mol. The van der Waals surface area contributed by atoms with Gasteiger partial charge in [-0.3, -0.25) is 0 Å². The van der Waals surface area contributed by atoms with Gasteiger partial charge < -0.3 is 4.74 Å². The Kier molecular flexibility index (Phi) is 5.09. The van der Waals surface area contributed by atoms with Gasteiger partial charge in [0.2, 0.25) is 5.82 Å². The molecule has 2 rings (SSSR count). The molecule has 0 spiro atoms. The Morgan fingerprint density at radius 3 is 2.52 bits per heavy atom. The van der Waals surface area contributed by atoms with Crippen LogP contribution in [0.3, 0.4) is 0 Å². The molecule has 2 unspecified atom stereocenters. The third-order valence-corrected chi connectivity index (χ3v) is 5.26. The summed E-state index contributed by atoms with van der Waals surface area (Å²) in [5, 5.41) is 0. The average molecular weight is 339 g/mol. The second-order valence-corrected chi connectivity index (χ2v) is 7.77. The van der Waals surface area contributed by atoms with Crippen molar-refractivity contribution in [2.24, 2.45) is 5.92 Å². The van der Waals surface area contributed by atoms with Crippen molar-refractivity contribution in [2.45, 2.75) is 50.0 Å². The van der Waals surface area contributed by atoms with Gasteiger partial charge in [-0.1, -0.05) is 13.3 Å². The SMILES string of the molecule is CCC1CCCCC1Oc1ccc(S(=O)(=O)Cl)c(F)c1F. The van der Waals surface area contributed by atoms with E-state index in [1.54, 1.807) is 0 Å². The maximum atomic E-state index is 14.0. The molecular formula is C14H17ClF2O3S. The van der Waals surface area contributed by atoms with Gasteiger partial charge in [0.05, 0.1) is 0 Å². The van der Waals surface area contributed by atoms with Gasteiger partial charge in [-0.25, -0.2) is 12.8 Å². The second-order valence-electron chi connectivity index (χ2n) is 5.24.